The van der Waals surface area contributed by atoms with Crippen LogP contribution in [0.3, 0.4) is 0 Å². The number of benzene rings is 1. The third-order valence-corrected chi connectivity index (χ3v) is 3.47. The summed E-state index contributed by atoms with van der Waals surface area (Å²) >= 11 is 10.4. The Morgan fingerprint density at radius 3 is 2.33 bits per heavy atom. The molecule has 0 bridgehead atoms. The fraction of sp³-hybridized carbons (Fsp3) is 0.400. The molecular weight excluding hydrogens is 390 g/mol. The first kappa shape index (κ1) is 13.5. The summed E-state index contributed by atoms with van der Waals surface area (Å²) in [5.74, 6) is 0. The van der Waals surface area contributed by atoms with E-state index < -0.39 is 0 Å². The molecular formula is C10H12Br3NO. The van der Waals surface area contributed by atoms with Crippen LogP contribution in [0.15, 0.2) is 25.6 Å². The van der Waals surface area contributed by atoms with Crippen molar-refractivity contribution in [2.45, 2.75) is 6.92 Å². The zero-order chi connectivity index (χ0) is 11.3. The maximum absolute atomic E-state index is 5.26. The summed E-state index contributed by atoms with van der Waals surface area (Å²) in [6.07, 6.45) is 0. The molecule has 1 aromatic rings. The van der Waals surface area contributed by atoms with E-state index in [1.807, 2.05) is 19.1 Å². The van der Waals surface area contributed by atoms with Gasteiger partial charge >= 0.3 is 0 Å². The molecule has 84 valence electrons. The minimum absolute atomic E-state index is 0.714. The van der Waals surface area contributed by atoms with Crippen molar-refractivity contribution in [1.29, 1.82) is 0 Å². The first-order chi connectivity index (χ1) is 7.15. The molecule has 1 aromatic carbocycles. The smallest absolute Gasteiger partial charge is 0.0638 e. The Hall–Kier alpha value is 0.420. The topological polar surface area (TPSA) is 21.3 Å². The van der Waals surface area contributed by atoms with E-state index >= 15 is 0 Å². The van der Waals surface area contributed by atoms with Crippen molar-refractivity contribution in [3.05, 3.63) is 25.6 Å². The van der Waals surface area contributed by atoms with Crippen LogP contribution < -0.4 is 5.32 Å². The van der Waals surface area contributed by atoms with Crippen LogP contribution in [-0.2, 0) is 4.74 Å². The second-order valence-corrected chi connectivity index (χ2v) is 5.49. The molecule has 1 rings (SSSR count). The molecule has 0 amide bonds. The molecule has 2 nitrogen and oxygen atoms in total. The van der Waals surface area contributed by atoms with Crippen molar-refractivity contribution in [3.8, 4) is 0 Å². The number of ether oxygens (including phenoxy) is 1. The van der Waals surface area contributed by atoms with Crippen molar-refractivity contribution in [3.63, 3.8) is 0 Å². The number of hydrogen-bond acceptors (Lipinski definition) is 2. The van der Waals surface area contributed by atoms with E-state index in [2.05, 4.69) is 53.1 Å². The average Bonchev–Trinajstić information content (AvgIpc) is 2.15. The Morgan fingerprint density at radius 2 is 1.80 bits per heavy atom. The minimum Gasteiger partial charge on any atom is -0.381 e. The van der Waals surface area contributed by atoms with Crippen LogP contribution in [0.4, 0.5) is 5.69 Å². The molecule has 0 aliphatic carbocycles. The highest BCUT2D eigenvalue weighted by Gasteiger charge is 2.05. The van der Waals surface area contributed by atoms with E-state index in [9.17, 15) is 0 Å². The van der Waals surface area contributed by atoms with Gasteiger partial charge in [0.2, 0.25) is 0 Å². The molecule has 0 unspecified atom stereocenters. The molecule has 0 saturated heterocycles. The third kappa shape index (κ3) is 4.43. The van der Waals surface area contributed by atoms with Gasteiger partial charge in [0.1, 0.15) is 0 Å². The maximum atomic E-state index is 5.26. The van der Waals surface area contributed by atoms with Gasteiger partial charge in [0, 0.05) is 26.6 Å². The summed E-state index contributed by atoms with van der Waals surface area (Å²) in [7, 11) is 0. The quantitative estimate of drug-likeness (QED) is 0.737. The number of hydrogen-bond donors (Lipinski definition) is 1. The average molecular weight is 402 g/mol. The summed E-state index contributed by atoms with van der Waals surface area (Å²) in [6.45, 7) is 4.26. The first-order valence-corrected chi connectivity index (χ1v) is 6.99. The third-order valence-electron chi connectivity index (χ3n) is 1.76. The summed E-state index contributed by atoms with van der Waals surface area (Å²) in [5, 5.41) is 3.30. The van der Waals surface area contributed by atoms with Crippen LogP contribution in [0.25, 0.3) is 0 Å². The molecule has 5 heteroatoms. The number of rotatable bonds is 5. The van der Waals surface area contributed by atoms with E-state index in [1.165, 1.54) is 0 Å². The predicted octanol–water partition coefficient (Wildman–Crippen LogP) is 4.42. The van der Waals surface area contributed by atoms with Crippen LogP contribution in [-0.4, -0.2) is 19.8 Å². The molecule has 0 radical (unpaired) electrons. The molecule has 15 heavy (non-hydrogen) atoms. The largest absolute Gasteiger partial charge is 0.381 e. The van der Waals surface area contributed by atoms with Crippen molar-refractivity contribution < 1.29 is 4.74 Å². The van der Waals surface area contributed by atoms with Crippen LogP contribution in [0.5, 0.6) is 0 Å². The van der Waals surface area contributed by atoms with Gasteiger partial charge in [0.25, 0.3) is 0 Å². The van der Waals surface area contributed by atoms with Gasteiger partial charge in [-0.3, -0.25) is 0 Å². The summed E-state index contributed by atoms with van der Waals surface area (Å²) in [4.78, 5) is 0. The van der Waals surface area contributed by atoms with E-state index in [0.717, 1.165) is 32.3 Å². The van der Waals surface area contributed by atoms with Gasteiger partial charge in [-0.2, -0.15) is 0 Å². The Labute approximate surface area is 115 Å². The van der Waals surface area contributed by atoms with Crippen molar-refractivity contribution in [1.82, 2.24) is 0 Å². The molecule has 0 aliphatic heterocycles. The lowest BCUT2D eigenvalue weighted by Gasteiger charge is -2.11. The molecule has 0 aliphatic rings. The van der Waals surface area contributed by atoms with Gasteiger partial charge < -0.3 is 10.1 Å². The Kier molecular flexibility index (Phi) is 6.19. The molecule has 0 heterocycles. The van der Waals surface area contributed by atoms with E-state index in [0.29, 0.717) is 6.61 Å². The Morgan fingerprint density at radius 1 is 1.20 bits per heavy atom. The van der Waals surface area contributed by atoms with Gasteiger partial charge in [-0.05, 0) is 50.9 Å². The van der Waals surface area contributed by atoms with E-state index in [-0.39, 0.29) is 0 Å². The zero-order valence-corrected chi connectivity index (χ0v) is 13.1. The number of anilines is 1. The highest BCUT2D eigenvalue weighted by molar-refractivity contribution is 9.11. The summed E-state index contributed by atoms with van der Waals surface area (Å²) in [6, 6.07) is 4.02. The fourth-order valence-electron chi connectivity index (χ4n) is 1.10. The lowest BCUT2D eigenvalue weighted by Crippen LogP contribution is -2.09. The molecule has 0 spiro atoms. The lowest BCUT2D eigenvalue weighted by molar-refractivity contribution is 0.158. The molecule has 0 fully saturated rings. The predicted molar refractivity (Wildman–Crippen MR) is 74.5 cm³/mol. The van der Waals surface area contributed by atoms with E-state index in [1.54, 1.807) is 0 Å². The normalized spacial score (nSPS) is 10.4. The van der Waals surface area contributed by atoms with Crippen molar-refractivity contribution >= 4 is 53.5 Å². The summed E-state index contributed by atoms with van der Waals surface area (Å²) in [5.41, 5.74) is 1.05. The van der Waals surface area contributed by atoms with Gasteiger partial charge in [-0.25, -0.2) is 0 Å². The highest BCUT2D eigenvalue weighted by Crippen LogP contribution is 2.34. The highest BCUT2D eigenvalue weighted by atomic mass is 79.9. The molecule has 0 atom stereocenters. The minimum atomic E-state index is 0.714. The molecule has 0 saturated carbocycles. The number of nitrogens with one attached hydrogen (secondary N) is 1. The maximum Gasteiger partial charge on any atom is 0.0638 e. The number of halogens is 3. The Bertz CT molecular complexity index is 307. The summed E-state index contributed by atoms with van der Waals surface area (Å²) < 4.78 is 8.35. The fourth-order valence-corrected chi connectivity index (χ4v) is 3.64. The standard InChI is InChI=1S/C10H12Br3NO/c1-2-15-4-3-14-10-8(12)5-7(11)6-9(10)13/h5-6,14H,2-4H2,1H3. The SMILES string of the molecule is CCOCCNc1c(Br)cc(Br)cc1Br. The Balaban J connectivity index is 2.60. The zero-order valence-electron chi connectivity index (χ0n) is 8.32. The first-order valence-electron chi connectivity index (χ1n) is 4.61. The van der Waals surface area contributed by atoms with Crippen LogP contribution >= 0.6 is 47.8 Å². The molecule has 0 aromatic heterocycles. The van der Waals surface area contributed by atoms with Gasteiger partial charge in [0.05, 0.1) is 12.3 Å². The van der Waals surface area contributed by atoms with Crippen LogP contribution in [0, 0.1) is 0 Å². The van der Waals surface area contributed by atoms with Crippen molar-refractivity contribution in [2.24, 2.45) is 0 Å². The van der Waals surface area contributed by atoms with Crippen LogP contribution in [0.2, 0.25) is 0 Å². The second-order valence-electron chi connectivity index (χ2n) is 2.87. The molecule has 1 N–H and O–H groups in total. The van der Waals surface area contributed by atoms with E-state index in [4.69, 9.17) is 4.74 Å². The van der Waals surface area contributed by atoms with Crippen molar-refractivity contribution in [2.75, 3.05) is 25.1 Å². The van der Waals surface area contributed by atoms with Crippen LogP contribution in [0.1, 0.15) is 6.92 Å². The van der Waals surface area contributed by atoms with Gasteiger partial charge in [0.15, 0.2) is 0 Å². The lowest BCUT2D eigenvalue weighted by atomic mass is 10.3. The second kappa shape index (κ2) is 6.89. The van der Waals surface area contributed by atoms with Gasteiger partial charge in [-0.1, -0.05) is 15.9 Å². The van der Waals surface area contributed by atoms with Gasteiger partial charge in [-0.15, -0.1) is 0 Å². The monoisotopic (exact) mass is 399 g/mol.